The standard InChI is InChI=1S/C11H11F5N2O2/c12-10(13,11(14,15)16)9(20)18(5-6-19)8-4-2-1-3-7(8)17/h1-4,19H,5-6,17H2. The molecule has 0 aliphatic rings. The SMILES string of the molecule is Nc1ccccc1N(CCO)C(=O)C(F)(F)C(F)(F)F. The Kier molecular flexibility index (Phi) is 4.53. The van der Waals surface area contributed by atoms with Gasteiger partial charge in [-0.3, -0.25) is 4.79 Å². The normalized spacial score (nSPS) is 12.3. The minimum atomic E-state index is -6.03. The lowest BCUT2D eigenvalue weighted by Gasteiger charge is -2.28. The maximum atomic E-state index is 13.1. The van der Waals surface area contributed by atoms with E-state index in [1.165, 1.54) is 18.2 Å². The van der Waals surface area contributed by atoms with Gasteiger partial charge in [-0.05, 0) is 12.1 Å². The Labute approximate surface area is 110 Å². The van der Waals surface area contributed by atoms with Gasteiger partial charge in [0.25, 0.3) is 0 Å². The second kappa shape index (κ2) is 5.61. The molecule has 0 spiro atoms. The van der Waals surface area contributed by atoms with Crippen LogP contribution in [0.2, 0.25) is 0 Å². The lowest BCUT2D eigenvalue weighted by Crippen LogP contribution is -2.53. The van der Waals surface area contributed by atoms with Crippen LogP contribution in [0.4, 0.5) is 33.3 Å². The summed E-state index contributed by atoms with van der Waals surface area (Å²) >= 11 is 0. The molecule has 0 unspecified atom stereocenters. The molecule has 112 valence electrons. The molecular formula is C11H11F5N2O2. The van der Waals surface area contributed by atoms with Crippen molar-refractivity contribution in [3.8, 4) is 0 Å². The predicted octanol–water partition coefficient (Wildman–Crippen LogP) is 1.79. The molecule has 20 heavy (non-hydrogen) atoms. The molecule has 0 radical (unpaired) electrons. The first kappa shape index (κ1) is 16.2. The van der Waals surface area contributed by atoms with Crippen molar-refractivity contribution in [3.63, 3.8) is 0 Å². The third-order valence-electron chi connectivity index (χ3n) is 2.42. The molecule has 0 saturated carbocycles. The Morgan fingerprint density at radius 3 is 2.20 bits per heavy atom. The fourth-order valence-electron chi connectivity index (χ4n) is 1.46. The van der Waals surface area contributed by atoms with E-state index in [2.05, 4.69) is 0 Å². The topological polar surface area (TPSA) is 66.6 Å². The average molecular weight is 298 g/mol. The summed E-state index contributed by atoms with van der Waals surface area (Å²) in [7, 11) is 0. The molecular weight excluding hydrogens is 287 g/mol. The van der Waals surface area contributed by atoms with E-state index < -0.39 is 31.2 Å². The molecule has 1 rings (SSSR count). The zero-order chi connectivity index (χ0) is 15.6. The molecule has 0 bridgehead atoms. The molecule has 0 aromatic heterocycles. The van der Waals surface area contributed by atoms with Crippen LogP contribution in [0.15, 0.2) is 24.3 Å². The van der Waals surface area contributed by atoms with E-state index in [0.29, 0.717) is 0 Å². The quantitative estimate of drug-likeness (QED) is 0.658. The van der Waals surface area contributed by atoms with Crippen LogP contribution in [0.25, 0.3) is 0 Å². The lowest BCUT2D eigenvalue weighted by atomic mass is 10.2. The zero-order valence-corrected chi connectivity index (χ0v) is 9.99. The minimum Gasteiger partial charge on any atom is -0.397 e. The molecule has 1 aromatic rings. The highest BCUT2D eigenvalue weighted by atomic mass is 19.4. The number of anilines is 2. The summed E-state index contributed by atoms with van der Waals surface area (Å²) in [6, 6.07) is 5.07. The van der Waals surface area contributed by atoms with E-state index in [1.54, 1.807) is 0 Å². The van der Waals surface area contributed by atoms with Crippen LogP contribution in [0.5, 0.6) is 0 Å². The summed E-state index contributed by atoms with van der Waals surface area (Å²) in [5.41, 5.74) is 4.96. The number of carbonyl (C=O) groups is 1. The second-order valence-corrected chi connectivity index (χ2v) is 3.81. The highest BCUT2D eigenvalue weighted by Crippen LogP contribution is 2.38. The highest BCUT2D eigenvalue weighted by molar-refractivity contribution is 6.01. The average Bonchev–Trinajstić information content (AvgIpc) is 2.35. The minimum absolute atomic E-state index is 0.114. The summed E-state index contributed by atoms with van der Waals surface area (Å²) in [6.45, 7) is -1.53. The first-order valence-corrected chi connectivity index (χ1v) is 5.34. The molecule has 0 fully saturated rings. The van der Waals surface area contributed by atoms with E-state index in [1.807, 2.05) is 0 Å². The molecule has 9 heteroatoms. The number of rotatable bonds is 4. The number of carbonyl (C=O) groups excluding carboxylic acids is 1. The number of aliphatic hydroxyl groups is 1. The van der Waals surface area contributed by atoms with Gasteiger partial charge in [0.1, 0.15) is 0 Å². The van der Waals surface area contributed by atoms with Crippen LogP contribution in [0, 0.1) is 0 Å². The van der Waals surface area contributed by atoms with E-state index in [4.69, 9.17) is 10.8 Å². The van der Waals surface area contributed by atoms with E-state index in [9.17, 15) is 26.7 Å². The van der Waals surface area contributed by atoms with Crippen LogP contribution in [0.1, 0.15) is 0 Å². The van der Waals surface area contributed by atoms with Gasteiger partial charge in [0.2, 0.25) is 0 Å². The number of benzene rings is 1. The Balaban J connectivity index is 3.22. The predicted molar refractivity (Wildman–Crippen MR) is 61.3 cm³/mol. The van der Waals surface area contributed by atoms with Crippen LogP contribution in [0.3, 0.4) is 0 Å². The Morgan fingerprint density at radius 1 is 1.20 bits per heavy atom. The summed E-state index contributed by atoms with van der Waals surface area (Å²) in [6.07, 6.45) is -6.03. The smallest absolute Gasteiger partial charge is 0.397 e. The summed E-state index contributed by atoms with van der Waals surface area (Å²) < 4.78 is 62.8. The largest absolute Gasteiger partial charge is 0.463 e. The molecule has 0 atom stereocenters. The monoisotopic (exact) mass is 298 g/mol. The maximum absolute atomic E-state index is 13.1. The second-order valence-electron chi connectivity index (χ2n) is 3.81. The third-order valence-corrected chi connectivity index (χ3v) is 2.42. The number of nitrogens with two attached hydrogens (primary N) is 1. The maximum Gasteiger partial charge on any atom is 0.463 e. The number of nitrogen functional groups attached to an aromatic ring is 1. The molecule has 1 amide bonds. The van der Waals surface area contributed by atoms with Crippen molar-refractivity contribution >= 4 is 17.3 Å². The first-order chi connectivity index (χ1) is 9.13. The molecule has 1 aromatic carbocycles. The van der Waals surface area contributed by atoms with Crippen molar-refractivity contribution in [3.05, 3.63) is 24.3 Å². The van der Waals surface area contributed by atoms with Gasteiger partial charge in [0, 0.05) is 6.54 Å². The fraction of sp³-hybridized carbons (Fsp3) is 0.364. The van der Waals surface area contributed by atoms with E-state index >= 15 is 0 Å². The third kappa shape index (κ3) is 2.98. The Morgan fingerprint density at radius 2 is 1.75 bits per heavy atom. The molecule has 0 aliphatic carbocycles. The van der Waals surface area contributed by atoms with Gasteiger partial charge in [0.15, 0.2) is 0 Å². The number of alkyl halides is 5. The Hall–Kier alpha value is -1.90. The molecule has 3 N–H and O–H groups in total. The zero-order valence-electron chi connectivity index (χ0n) is 9.99. The number of nitrogens with zero attached hydrogens (tertiary/aromatic N) is 1. The summed E-state index contributed by atoms with van der Waals surface area (Å²) in [5, 5.41) is 8.75. The van der Waals surface area contributed by atoms with Gasteiger partial charge in [-0.1, -0.05) is 12.1 Å². The summed E-state index contributed by atoms with van der Waals surface area (Å²) in [4.78, 5) is 11.6. The van der Waals surface area contributed by atoms with Crippen molar-refractivity contribution in [1.82, 2.24) is 0 Å². The Bertz CT molecular complexity index is 490. The highest BCUT2D eigenvalue weighted by Gasteiger charge is 2.64. The van der Waals surface area contributed by atoms with Crippen LogP contribution in [-0.2, 0) is 4.79 Å². The van der Waals surface area contributed by atoms with Crippen molar-refractivity contribution in [1.29, 1.82) is 0 Å². The van der Waals surface area contributed by atoms with Gasteiger partial charge in [-0.25, -0.2) is 0 Å². The first-order valence-electron chi connectivity index (χ1n) is 5.34. The van der Waals surface area contributed by atoms with Crippen LogP contribution >= 0.6 is 0 Å². The molecule has 4 nitrogen and oxygen atoms in total. The van der Waals surface area contributed by atoms with Crippen molar-refractivity contribution in [2.24, 2.45) is 0 Å². The molecule has 0 aliphatic heterocycles. The molecule has 0 saturated heterocycles. The van der Waals surface area contributed by atoms with Gasteiger partial charge in [0.05, 0.1) is 18.0 Å². The van der Waals surface area contributed by atoms with Crippen molar-refractivity contribution in [2.75, 3.05) is 23.8 Å². The van der Waals surface area contributed by atoms with Gasteiger partial charge < -0.3 is 15.7 Å². The fourth-order valence-corrected chi connectivity index (χ4v) is 1.46. The number of para-hydroxylation sites is 2. The molecule has 0 heterocycles. The van der Waals surface area contributed by atoms with E-state index in [-0.39, 0.29) is 16.3 Å². The lowest BCUT2D eigenvalue weighted by molar-refractivity contribution is -0.268. The van der Waals surface area contributed by atoms with Crippen LogP contribution < -0.4 is 10.6 Å². The number of hydrogen-bond donors (Lipinski definition) is 2. The number of amides is 1. The number of aliphatic hydroxyl groups excluding tert-OH is 1. The van der Waals surface area contributed by atoms with Gasteiger partial charge >= 0.3 is 18.0 Å². The van der Waals surface area contributed by atoms with Crippen LogP contribution in [-0.4, -0.2) is 36.3 Å². The number of halogens is 5. The van der Waals surface area contributed by atoms with Gasteiger partial charge in [-0.2, -0.15) is 22.0 Å². The van der Waals surface area contributed by atoms with E-state index in [0.717, 1.165) is 6.07 Å². The number of hydrogen-bond acceptors (Lipinski definition) is 3. The van der Waals surface area contributed by atoms with Gasteiger partial charge in [-0.15, -0.1) is 0 Å². The van der Waals surface area contributed by atoms with Crippen molar-refractivity contribution in [2.45, 2.75) is 12.1 Å². The summed E-state index contributed by atoms with van der Waals surface area (Å²) in [5.74, 6) is -8.05. The van der Waals surface area contributed by atoms with Crippen molar-refractivity contribution < 1.29 is 31.9 Å².